The van der Waals surface area contributed by atoms with Crippen LogP contribution in [0.5, 0.6) is 5.75 Å². The molecule has 25 heavy (non-hydrogen) atoms. The van der Waals surface area contributed by atoms with E-state index in [0.29, 0.717) is 28.9 Å². The van der Waals surface area contributed by atoms with Gasteiger partial charge in [0.15, 0.2) is 0 Å². The molecule has 136 valence electrons. The van der Waals surface area contributed by atoms with Gasteiger partial charge in [-0.3, -0.25) is 9.59 Å². The molecular formula is C18H24ClN3O3. The number of anilines is 1. The van der Waals surface area contributed by atoms with Crippen LogP contribution in [0, 0.1) is 11.8 Å². The third-order valence-electron chi connectivity index (χ3n) is 5.00. The number of methoxy groups -OCH3 is 1. The molecule has 2 aliphatic heterocycles. The predicted octanol–water partition coefficient (Wildman–Crippen LogP) is 1.77. The maximum Gasteiger partial charge on any atom is 0.228 e. The van der Waals surface area contributed by atoms with Gasteiger partial charge in [-0.2, -0.15) is 0 Å². The zero-order valence-corrected chi connectivity index (χ0v) is 15.4. The highest BCUT2D eigenvalue weighted by Gasteiger charge is 2.39. The van der Waals surface area contributed by atoms with Crippen LogP contribution in [-0.2, 0) is 9.59 Å². The zero-order valence-electron chi connectivity index (χ0n) is 14.6. The molecule has 0 saturated carbocycles. The number of hydrogen-bond donors (Lipinski definition) is 1. The first kappa shape index (κ1) is 18.0. The molecule has 7 heteroatoms. The van der Waals surface area contributed by atoms with Crippen molar-refractivity contribution in [1.29, 1.82) is 0 Å². The van der Waals surface area contributed by atoms with E-state index >= 15 is 0 Å². The Kier molecular flexibility index (Phi) is 5.49. The second-order valence-corrected chi connectivity index (χ2v) is 7.15. The van der Waals surface area contributed by atoms with E-state index < -0.39 is 0 Å². The molecule has 2 amide bonds. The van der Waals surface area contributed by atoms with Crippen molar-refractivity contribution in [3.8, 4) is 5.75 Å². The highest BCUT2D eigenvalue weighted by molar-refractivity contribution is 6.31. The van der Waals surface area contributed by atoms with Crippen LogP contribution >= 0.6 is 11.6 Å². The van der Waals surface area contributed by atoms with Crippen molar-refractivity contribution in [3.05, 3.63) is 23.2 Å². The van der Waals surface area contributed by atoms with Gasteiger partial charge in [-0.1, -0.05) is 11.6 Å². The minimum Gasteiger partial charge on any atom is -0.495 e. The van der Waals surface area contributed by atoms with Crippen molar-refractivity contribution < 1.29 is 14.3 Å². The van der Waals surface area contributed by atoms with Crippen LogP contribution in [0.15, 0.2) is 18.2 Å². The normalized spacial score (nSPS) is 23.4. The van der Waals surface area contributed by atoms with Crippen molar-refractivity contribution in [2.75, 3.05) is 45.2 Å². The number of hydrogen-bond acceptors (Lipinski definition) is 4. The Balaban J connectivity index is 1.71. The maximum atomic E-state index is 12.8. The second kappa shape index (κ2) is 7.62. The Bertz CT molecular complexity index is 667. The number of benzene rings is 1. The van der Waals surface area contributed by atoms with Crippen LogP contribution in [0.2, 0.25) is 5.02 Å². The molecule has 2 unspecified atom stereocenters. The molecule has 1 aromatic rings. The SMILES string of the molecule is CNCC1CCN(C(=O)C2CC(=O)N(c3cc(Cl)ccc3OC)C2)C1. The van der Waals surface area contributed by atoms with Gasteiger partial charge in [0.05, 0.1) is 18.7 Å². The van der Waals surface area contributed by atoms with Crippen LogP contribution in [0.1, 0.15) is 12.8 Å². The molecule has 0 spiro atoms. The van der Waals surface area contributed by atoms with Crippen LogP contribution < -0.4 is 15.0 Å². The number of halogens is 1. The molecule has 2 atom stereocenters. The molecule has 2 heterocycles. The fraction of sp³-hybridized carbons (Fsp3) is 0.556. The molecule has 3 rings (SSSR count). The second-order valence-electron chi connectivity index (χ2n) is 6.72. The van der Waals surface area contributed by atoms with E-state index in [0.717, 1.165) is 26.1 Å². The average Bonchev–Trinajstić information content (AvgIpc) is 3.21. The molecule has 0 aliphatic carbocycles. The van der Waals surface area contributed by atoms with E-state index in [1.54, 1.807) is 30.2 Å². The van der Waals surface area contributed by atoms with Gasteiger partial charge in [-0.05, 0) is 44.1 Å². The van der Waals surface area contributed by atoms with Crippen molar-refractivity contribution >= 4 is 29.1 Å². The average molecular weight is 366 g/mol. The smallest absolute Gasteiger partial charge is 0.228 e. The number of nitrogens with one attached hydrogen (secondary N) is 1. The molecule has 1 aromatic carbocycles. The molecule has 2 aliphatic rings. The van der Waals surface area contributed by atoms with Crippen molar-refractivity contribution in [2.24, 2.45) is 11.8 Å². The van der Waals surface area contributed by atoms with Gasteiger partial charge >= 0.3 is 0 Å². The van der Waals surface area contributed by atoms with E-state index in [4.69, 9.17) is 16.3 Å². The summed E-state index contributed by atoms with van der Waals surface area (Å²) in [6.07, 6.45) is 1.25. The summed E-state index contributed by atoms with van der Waals surface area (Å²) in [6, 6.07) is 5.17. The number of likely N-dealkylation sites (tertiary alicyclic amines) is 1. The minimum atomic E-state index is -0.301. The first-order chi connectivity index (χ1) is 12.0. The number of nitrogens with zero attached hydrogens (tertiary/aromatic N) is 2. The summed E-state index contributed by atoms with van der Waals surface area (Å²) in [6.45, 7) is 2.84. The van der Waals surface area contributed by atoms with Gasteiger partial charge < -0.3 is 19.9 Å². The van der Waals surface area contributed by atoms with Gasteiger partial charge in [-0.25, -0.2) is 0 Å². The third kappa shape index (κ3) is 3.75. The lowest BCUT2D eigenvalue weighted by Crippen LogP contribution is -2.36. The fourth-order valence-electron chi connectivity index (χ4n) is 3.73. The van der Waals surface area contributed by atoms with Gasteiger partial charge in [0.2, 0.25) is 11.8 Å². The van der Waals surface area contributed by atoms with E-state index in [1.165, 1.54) is 0 Å². The Labute approximate surface area is 153 Å². The minimum absolute atomic E-state index is 0.0649. The Hall–Kier alpha value is -1.79. The maximum absolute atomic E-state index is 12.8. The summed E-state index contributed by atoms with van der Waals surface area (Å²) in [5.74, 6) is 0.793. The van der Waals surface area contributed by atoms with Gasteiger partial charge in [0.1, 0.15) is 5.75 Å². The van der Waals surface area contributed by atoms with Crippen LogP contribution in [0.25, 0.3) is 0 Å². The lowest BCUT2D eigenvalue weighted by Gasteiger charge is -2.22. The molecule has 1 N–H and O–H groups in total. The summed E-state index contributed by atoms with van der Waals surface area (Å²) >= 11 is 6.07. The molecule has 2 saturated heterocycles. The van der Waals surface area contributed by atoms with Crippen LogP contribution in [-0.4, -0.2) is 57.1 Å². The Morgan fingerprint density at radius 1 is 1.40 bits per heavy atom. The first-order valence-corrected chi connectivity index (χ1v) is 8.98. The molecule has 0 bridgehead atoms. The number of carbonyl (C=O) groups excluding carboxylic acids is 2. The molecule has 6 nitrogen and oxygen atoms in total. The zero-order chi connectivity index (χ0) is 18.0. The molecule has 0 aromatic heterocycles. The van der Waals surface area contributed by atoms with Gasteiger partial charge in [0.25, 0.3) is 0 Å². The number of carbonyl (C=O) groups is 2. The third-order valence-corrected chi connectivity index (χ3v) is 5.23. The van der Waals surface area contributed by atoms with Gasteiger partial charge in [0, 0.05) is 31.1 Å². The summed E-state index contributed by atoms with van der Waals surface area (Å²) in [7, 11) is 3.48. The summed E-state index contributed by atoms with van der Waals surface area (Å²) in [4.78, 5) is 28.8. The van der Waals surface area contributed by atoms with E-state index in [2.05, 4.69) is 5.32 Å². The van der Waals surface area contributed by atoms with E-state index in [-0.39, 0.29) is 24.2 Å². The van der Waals surface area contributed by atoms with Crippen LogP contribution in [0.4, 0.5) is 5.69 Å². The highest BCUT2D eigenvalue weighted by atomic mass is 35.5. The Morgan fingerprint density at radius 3 is 2.92 bits per heavy atom. The fourth-order valence-corrected chi connectivity index (χ4v) is 3.89. The van der Waals surface area contributed by atoms with Gasteiger partial charge in [-0.15, -0.1) is 0 Å². The predicted molar refractivity (Wildman–Crippen MR) is 97.1 cm³/mol. The summed E-state index contributed by atoms with van der Waals surface area (Å²) < 4.78 is 5.34. The van der Waals surface area contributed by atoms with Crippen molar-refractivity contribution in [3.63, 3.8) is 0 Å². The first-order valence-electron chi connectivity index (χ1n) is 8.60. The molecular weight excluding hydrogens is 342 g/mol. The topological polar surface area (TPSA) is 61.9 Å². The largest absolute Gasteiger partial charge is 0.495 e. The van der Waals surface area contributed by atoms with Crippen molar-refractivity contribution in [2.45, 2.75) is 12.8 Å². The molecule has 0 radical (unpaired) electrons. The standard InChI is InChI=1S/C18H24ClN3O3/c1-20-9-12-5-6-21(10-12)18(24)13-7-17(23)22(11-13)15-8-14(19)3-4-16(15)25-2/h3-4,8,12-13,20H,5-7,9-11H2,1-2H3. The molecule has 2 fully saturated rings. The number of amides is 2. The number of ether oxygens (including phenoxy) is 1. The van der Waals surface area contributed by atoms with E-state index in [1.807, 2.05) is 11.9 Å². The van der Waals surface area contributed by atoms with Crippen molar-refractivity contribution in [1.82, 2.24) is 10.2 Å². The van der Waals surface area contributed by atoms with Crippen LogP contribution in [0.3, 0.4) is 0 Å². The lowest BCUT2D eigenvalue weighted by atomic mass is 10.1. The quantitative estimate of drug-likeness (QED) is 0.863. The lowest BCUT2D eigenvalue weighted by molar-refractivity contribution is -0.134. The van der Waals surface area contributed by atoms with E-state index in [9.17, 15) is 9.59 Å². The Morgan fingerprint density at radius 2 is 2.20 bits per heavy atom. The summed E-state index contributed by atoms with van der Waals surface area (Å²) in [5, 5.41) is 3.70. The monoisotopic (exact) mass is 365 g/mol. The highest BCUT2D eigenvalue weighted by Crippen LogP contribution is 2.36. The summed E-state index contributed by atoms with van der Waals surface area (Å²) in [5.41, 5.74) is 0.629. The number of rotatable bonds is 5.